The van der Waals surface area contributed by atoms with Gasteiger partial charge in [0, 0.05) is 12.5 Å². The monoisotopic (exact) mass is 887 g/mol. The van der Waals surface area contributed by atoms with Crippen LogP contribution >= 0.6 is 0 Å². The summed E-state index contributed by atoms with van der Waals surface area (Å²) in [4.78, 5) is 28.2. The second kappa shape index (κ2) is 19.8. The van der Waals surface area contributed by atoms with Crippen LogP contribution in [-0.2, 0) is 61.7 Å². The third-order valence-corrected chi connectivity index (χ3v) is 16.3. The van der Waals surface area contributed by atoms with E-state index in [1.807, 2.05) is 20.8 Å². The van der Waals surface area contributed by atoms with Gasteiger partial charge in [0.05, 0.1) is 42.9 Å². The van der Waals surface area contributed by atoms with E-state index in [2.05, 4.69) is 106 Å². The van der Waals surface area contributed by atoms with Crippen molar-refractivity contribution in [2.45, 2.75) is 195 Å². The van der Waals surface area contributed by atoms with Crippen molar-refractivity contribution in [1.29, 1.82) is 0 Å². The molecular weight excluding hydrogens is 801 g/mol. The molecule has 2 aromatic carbocycles. The van der Waals surface area contributed by atoms with Crippen LogP contribution in [0.3, 0.4) is 0 Å². The fourth-order valence-electron chi connectivity index (χ4n) is 12.7. The van der Waals surface area contributed by atoms with Gasteiger partial charge in [0.25, 0.3) is 0 Å². The van der Waals surface area contributed by atoms with Crippen LogP contribution in [0, 0.1) is 28.1 Å². The molecule has 6 rings (SSSR count). The molecule has 0 saturated heterocycles. The van der Waals surface area contributed by atoms with Gasteiger partial charge >= 0.3 is 11.9 Å². The van der Waals surface area contributed by atoms with E-state index in [9.17, 15) is 9.59 Å². The number of fused-ring (bicyclic) bond motifs is 6. The molecule has 0 heterocycles. The smallest absolute Gasteiger partial charge is 0.312 e. The molecule has 4 aliphatic rings. The lowest BCUT2D eigenvalue weighted by Crippen LogP contribution is -2.53. The van der Waals surface area contributed by atoms with Crippen molar-refractivity contribution in [2.75, 3.05) is 46.8 Å². The lowest BCUT2D eigenvalue weighted by atomic mass is 9.49. The molecule has 358 valence electrons. The van der Waals surface area contributed by atoms with E-state index in [1.165, 1.54) is 33.4 Å². The van der Waals surface area contributed by atoms with Crippen LogP contribution in [0.25, 0.3) is 0 Å². The molecule has 8 unspecified atom stereocenters. The first-order valence-electron chi connectivity index (χ1n) is 24.9. The number of carbonyl (C=O) groups excluding carboxylic acids is 2. The van der Waals surface area contributed by atoms with Crippen molar-refractivity contribution >= 4 is 11.9 Å². The SMILES string of the molecule is COC(COCC(C)(C)COCC(COC(=O)C1(C)CCCC2(C)c3ccc(C(C)C)cc3CCC12)OC(C)(C)C)COC(=O)C1(C)CCCC2(C)c3ccc(C(C)C)cc3CCC12. The first kappa shape index (κ1) is 50.6. The minimum Gasteiger partial charge on any atom is -0.462 e. The molecule has 0 amide bonds. The van der Waals surface area contributed by atoms with Gasteiger partial charge in [-0.3, -0.25) is 9.59 Å². The summed E-state index contributed by atoms with van der Waals surface area (Å²) >= 11 is 0. The molecule has 0 spiro atoms. The standard InChI is InChI=1S/C56H86O8/c1-37(2)39-17-21-45-41(29-39)19-23-47-53(45,10)25-15-27-55(47,12)49(57)62-33-43(59-14)31-60-35-52(8,9)36-61-32-44(64-51(5,6)7)34-63-50(58)56(13)28-16-26-54(11)46-22-18-40(38(3)4)30-42(46)20-24-48(54)56/h17-18,21-22,29-30,37-38,43-44,47-48H,15-16,19-20,23-28,31-36H2,1-14H3. The van der Waals surface area contributed by atoms with E-state index in [0.717, 1.165) is 64.2 Å². The van der Waals surface area contributed by atoms with Crippen LogP contribution < -0.4 is 0 Å². The van der Waals surface area contributed by atoms with Crippen LogP contribution in [0.1, 0.15) is 187 Å². The third-order valence-electron chi connectivity index (χ3n) is 16.3. The molecule has 64 heavy (non-hydrogen) atoms. The van der Waals surface area contributed by atoms with Crippen LogP contribution in [0.15, 0.2) is 36.4 Å². The topological polar surface area (TPSA) is 89.5 Å². The Bertz CT molecular complexity index is 1930. The number of hydrogen-bond acceptors (Lipinski definition) is 8. The van der Waals surface area contributed by atoms with E-state index in [0.29, 0.717) is 31.7 Å². The Morgan fingerprint density at radius 2 is 1.05 bits per heavy atom. The van der Waals surface area contributed by atoms with E-state index >= 15 is 0 Å². The van der Waals surface area contributed by atoms with Crippen LogP contribution in [0.5, 0.6) is 0 Å². The Morgan fingerprint density at radius 1 is 0.625 bits per heavy atom. The zero-order chi connectivity index (χ0) is 46.9. The molecule has 8 atom stereocenters. The van der Waals surface area contributed by atoms with E-state index < -0.39 is 22.5 Å². The van der Waals surface area contributed by atoms with Crippen LogP contribution in [0.2, 0.25) is 0 Å². The second-order valence-corrected chi connectivity index (χ2v) is 23.8. The summed E-state index contributed by atoms with van der Waals surface area (Å²) in [6, 6.07) is 14.1. The zero-order valence-corrected chi connectivity index (χ0v) is 42.5. The fraction of sp³-hybridized carbons (Fsp3) is 0.750. The maximum absolute atomic E-state index is 14.2. The maximum Gasteiger partial charge on any atom is 0.312 e. The minimum atomic E-state index is -0.568. The summed E-state index contributed by atoms with van der Waals surface area (Å²) in [6.45, 7) is 30.0. The van der Waals surface area contributed by atoms with Crippen molar-refractivity contribution < 1.29 is 38.0 Å². The fourth-order valence-corrected chi connectivity index (χ4v) is 12.7. The van der Waals surface area contributed by atoms with Crippen LogP contribution in [0.4, 0.5) is 0 Å². The molecule has 0 N–H and O–H groups in total. The molecule has 0 aliphatic heterocycles. The average molecular weight is 887 g/mol. The van der Waals surface area contributed by atoms with Crippen molar-refractivity contribution in [1.82, 2.24) is 0 Å². The summed E-state index contributed by atoms with van der Waals surface area (Å²) in [5, 5.41) is 0. The molecular formula is C56H86O8. The average Bonchev–Trinajstić information content (AvgIpc) is 3.22. The Morgan fingerprint density at radius 3 is 1.45 bits per heavy atom. The number of ether oxygens (including phenoxy) is 6. The highest BCUT2D eigenvalue weighted by Crippen LogP contribution is 2.59. The lowest BCUT2D eigenvalue weighted by molar-refractivity contribution is -0.176. The Labute approximate surface area is 388 Å². The quantitative estimate of drug-likeness (QED) is 0.137. The number of aryl methyl sites for hydroxylation is 2. The van der Waals surface area contributed by atoms with E-state index in [1.54, 1.807) is 7.11 Å². The van der Waals surface area contributed by atoms with Crippen molar-refractivity contribution in [3.8, 4) is 0 Å². The minimum absolute atomic E-state index is 0.0487. The zero-order valence-electron chi connectivity index (χ0n) is 42.5. The third kappa shape index (κ3) is 10.8. The van der Waals surface area contributed by atoms with Gasteiger partial charge in [-0.1, -0.05) is 105 Å². The summed E-state index contributed by atoms with van der Waals surface area (Å²) < 4.78 is 37.0. The normalized spacial score (nSPS) is 29.0. The predicted molar refractivity (Wildman–Crippen MR) is 256 cm³/mol. The second-order valence-electron chi connectivity index (χ2n) is 23.8. The number of esters is 2. The predicted octanol–water partition coefficient (Wildman–Crippen LogP) is 12.0. The molecule has 4 aliphatic carbocycles. The number of hydrogen-bond donors (Lipinski definition) is 0. The lowest BCUT2D eigenvalue weighted by Gasteiger charge is -2.54. The molecule has 0 bridgehead atoms. The number of methoxy groups -OCH3 is 1. The molecule has 8 nitrogen and oxygen atoms in total. The Balaban J connectivity index is 0.976. The Kier molecular flexibility index (Phi) is 15.7. The van der Waals surface area contributed by atoms with Gasteiger partial charge in [-0.25, -0.2) is 0 Å². The van der Waals surface area contributed by atoms with Gasteiger partial charge < -0.3 is 28.4 Å². The van der Waals surface area contributed by atoms with Crippen molar-refractivity contribution in [3.63, 3.8) is 0 Å². The van der Waals surface area contributed by atoms with Crippen molar-refractivity contribution in [2.24, 2.45) is 28.1 Å². The number of rotatable bonds is 18. The van der Waals surface area contributed by atoms with E-state index in [-0.39, 0.29) is 65.9 Å². The highest BCUT2D eigenvalue weighted by atomic mass is 16.6. The van der Waals surface area contributed by atoms with Gasteiger partial charge in [0.2, 0.25) is 0 Å². The Hall–Kier alpha value is -2.78. The number of benzene rings is 2. The summed E-state index contributed by atoms with van der Waals surface area (Å²) in [7, 11) is 1.64. The molecule has 0 aromatic heterocycles. The highest BCUT2D eigenvalue weighted by molar-refractivity contribution is 5.78. The molecule has 2 fully saturated rings. The van der Waals surface area contributed by atoms with E-state index in [4.69, 9.17) is 28.4 Å². The van der Waals surface area contributed by atoms with Crippen LogP contribution in [-0.4, -0.2) is 76.5 Å². The largest absolute Gasteiger partial charge is 0.462 e. The van der Waals surface area contributed by atoms with Gasteiger partial charge in [0.15, 0.2) is 0 Å². The summed E-state index contributed by atoms with van der Waals surface area (Å²) in [6.07, 6.45) is 9.03. The van der Waals surface area contributed by atoms with Gasteiger partial charge in [0.1, 0.15) is 25.4 Å². The molecule has 0 radical (unpaired) electrons. The first-order valence-corrected chi connectivity index (χ1v) is 24.9. The van der Waals surface area contributed by atoms with Gasteiger partial charge in [-0.05, 0) is 154 Å². The summed E-state index contributed by atoms with van der Waals surface area (Å²) in [5.41, 5.74) is 6.53. The van der Waals surface area contributed by atoms with Gasteiger partial charge in [-0.2, -0.15) is 0 Å². The number of carbonyl (C=O) groups is 2. The first-order chi connectivity index (χ1) is 30.0. The van der Waals surface area contributed by atoms with Crippen molar-refractivity contribution in [3.05, 3.63) is 69.8 Å². The molecule has 2 aromatic rings. The van der Waals surface area contributed by atoms with Gasteiger partial charge in [-0.15, -0.1) is 0 Å². The maximum atomic E-state index is 14.2. The molecule has 2 saturated carbocycles. The highest BCUT2D eigenvalue weighted by Gasteiger charge is 2.57. The molecule has 8 heteroatoms. The summed E-state index contributed by atoms with van der Waals surface area (Å²) in [5.74, 6) is 1.20.